The lowest BCUT2D eigenvalue weighted by atomic mass is 10.2. The minimum Gasteiger partial charge on any atom is -0.376 e. The second kappa shape index (κ2) is 10.1. The summed E-state index contributed by atoms with van der Waals surface area (Å²) in [5.41, 5.74) is 0. The summed E-state index contributed by atoms with van der Waals surface area (Å²) in [6.07, 6.45) is 8.50. The van der Waals surface area contributed by atoms with E-state index in [1.807, 2.05) is 0 Å². The highest BCUT2D eigenvalue weighted by molar-refractivity contribution is 5.73. The first-order valence-electron chi connectivity index (χ1n) is 5.08. The van der Waals surface area contributed by atoms with Crippen LogP contribution in [0.25, 0.3) is 0 Å². The first-order chi connectivity index (χ1) is 6.81. The predicted molar refractivity (Wildman–Crippen MR) is 56.9 cm³/mol. The summed E-state index contributed by atoms with van der Waals surface area (Å²) < 4.78 is 0. The molecule has 0 saturated heterocycles. The van der Waals surface area contributed by atoms with E-state index in [4.69, 9.17) is 5.11 Å². The maximum atomic E-state index is 10.8. The standard InChI is InChI=1S/C10H20N2O2/c1-2-3-4-5-6-7-8-11-10(14)12-9-13/h3-4,13H,2,5-9H2,1H3,(H2,11,12,14)/b4-3+. The van der Waals surface area contributed by atoms with Gasteiger partial charge in [-0.1, -0.05) is 19.1 Å². The zero-order valence-electron chi connectivity index (χ0n) is 8.75. The molecule has 0 radical (unpaired) electrons. The Hall–Kier alpha value is -1.03. The molecule has 0 aliphatic heterocycles. The van der Waals surface area contributed by atoms with Crippen LogP contribution in [-0.2, 0) is 0 Å². The van der Waals surface area contributed by atoms with E-state index in [0.29, 0.717) is 6.54 Å². The van der Waals surface area contributed by atoms with E-state index >= 15 is 0 Å². The lowest BCUT2D eigenvalue weighted by Crippen LogP contribution is -2.36. The number of aliphatic hydroxyl groups excluding tert-OH is 1. The lowest BCUT2D eigenvalue weighted by molar-refractivity contribution is 0.217. The average molecular weight is 200 g/mol. The zero-order valence-corrected chi connectivity index (χ0v) is 8.75. The fourth-order valence-electron chi connectivity index (χ4n) is 1.01. The molecule has 0 saturated carbocycles. The van der Waals surface area contributed by atoms with Crippen LogP contribution in [0, 0.1) is 0 Å². The van der Waals surface area contributed by atoms with Gasteiger partial charge in [0.05, 0.1) is 0 Å². The Morgan fingerprint density at radius 2 is 2.07 bits per heavy atom. The molecular formula is C10H20N2O2. The van der Waals surface area contributed by atoms with E-state index in [-0.39, 0.29) is 12.8 Å². The van der Waals surface area contributed by atoms with Crippen molar-refractivity contribution in [3.05, 3.63) is 12.2 Å². The maximum Gasteiger partial charge on any atom is 0.316 e. The summed E-state index contributed by atoms with van der Waals surface area (Å²) in [5.74, 6) is 0. The minimum atomic E-state index is -0.314. The van der Waals surface area contributed by atoms with E-state index in [9.17, 15) is 4.79 Å². The molecule has 0 atom stereocenters. The van der Waals surface area contributed by atoms with Crippen molar-refractivity contribution >= 4 is 6.03 Å². The number of allylic oxidation sites excluding steroid dienone is 2. The van der Waals surface area contributed by atoms with Gasteiger partial charge in [0.15, 0.2) is 0 Å². The molecule has 0 aromatic carbocycles. The number of aliphatic hydroxyl groups is 1. The van der Waals surface area contributed by atoms with Crippen molar-refractivity contribution < 1.29 is 9.90 Å². The van der Waals surface area contributed by atoms with E-state index in [0.717, 1.165) is 25.7 Å². The Balaban J connectivity index is 3.13. The molecule has 0 fully saturated rings. The number of hydrogen-bond donors (Lipinski definition) is 3. The van der Waals surface area contributed by atoms with Crippen LogP contribution in [-0.4, -0.2) is 24.4 Å². The van der Waals surface area contributed by atoms with Gasteiger partial charge in [-0.3, -0.25) is 0 Å². The highest BCUT2D eigenvalue weighted by Crippen LogP contribution is 1.96. The first kappa shape index (κ1) is 13.0. The van der Waals surface area contributed by atoms with Crippen LogP contribution >= 0.6 is 0 Å². The van der Waals surface area contributed by atoms with Crippen molar-refractivity contribution in [3.63, 3.8) is 0 Å². The number of carbonyl (C=O) groups is 1. The molecule has 0 rings (SSSR count). The quantitative estimate of drug-likeness (QED) is 0.330. The monoisotopic (exact) mass is 200 g/mol. The molecule has 0 unspecified atom stereocenters. The van der Waals surface area contributed by atoms with Gasteiger partial charge in [0.1, 0.15) is 6.73 Å². The second-order valence-electron chi connectivity index (χ2n) is 2.97. The average Bonchev–Trinajstić information content (AvgIpc) is 2.17. The molecule has 0 aliphatic carbocycles. The number of unbranched alkanes of at least 4 members (excludes halogenated alkanes) is 2. The molecule has 0 aromatic rings. The molecule has 4 nitrogen and oxygen atoms in total. The van der Waals surface area contributed by atoms with Crippen LogP contribution in [0.3, 0.4) is 0 Å². The minimum absolute atomic E-state index is 0.309. The molecule has 0 spiro atoms. The van der Waals surface area contributed by atoms with Gasteiger partial charge in [-0.2, -0.15) is 0 Å². The van der Waals surface area contributed by atoms with Crippen LogP contribution < -0.4 is 10.6 Å². The van der Waals surface area contributed by atoms with E-state index in [2.05, 4.69) is 29.7 Å². The van der Waals surface area contributed by atoms with Crippen molar-refractivity contribution in [2.75, 3.05) is 13.3 Å². The third-order valence-electron chi connectivity index (χ3n) is 1.73. The van der Waals surface area contributed by atoms with Gasteiger partial charge in [-0.05, 0) is 25.7 Å². The smallest absolute Gasteiger partial charge is 0.316 e. The van der Waals surface area contributed by atoms with Gasteiger partial charge in [0.2, 0.25) is 0 Å². The van der Waals surface area contributed by atoms with E-state index in [1.165, 1.54) is 0 Å². The molecule has 0 bridgehead atoms. The summed E-state index contributed by atoms with van der Waals surface area (Å²) in [7, 11) is 0. The number of amides is 2. The van der Waals surface area contributed by atoms with Crippen molar-refractivity contribution in [2.24, 2.45) is 0 Å². The number of rotatable bonds is 7. The summed E-state index contributed by atoms with van der Waals surface area (Å²) in [4.78, 5) is 10.8. The highest BCUT2D eigenvalue weighted by Gasteiger charge is 1.95. The van der Waals surface area contributed by atoms with Crippen LogP contribution in [0.15, 0.2) is 12.2 Å². The van der Waals surface area contributed by atoms with Crippen LogP contribution in [0.2, 0.25) is 0 Å². The SMILES string of the molecule is CC/C=C/CCCCNC(=O)NCO. The number of hydrogen-bond acceptors (Lipinski definition) is 2. The number of urea groups is 1. The molecule has 2 amide bonds. The molecular weight excluding hydrogens is 180 g/mol. The van der Waals surface area contributed by atoms with Crippen molar-refractivity contribution in [2.45, 2.75) is 32.6 Å². The largest absolute Gasteiger partial charge is 0.376 e. The first-order valence-corrected chi connectivity index (χ1v) is 5.08. The molecule has 0 aliphatic rings. The van der Waals surface area contributed by atoms with Crippen LogP contribution in [0.4, 0.5) is 4.79 Å². The van der Waals surface area contributed by atoms with Gasteiger partial charge in [-0.25, -0.2) is 4.79 Å². The molecule has 0 heterocycles. The zero-order chi connectivity index (χ0) is 10.6. The van der Waals surface area contributed by atoms with Gasteiger partial charge in [-0.15, -0.1) is 0 Å². The topological polar surface area (TPSA) is 61.4 Å². The molecule has 14 heavy (non-hydrogen) atoms. The maximum absolute atomic E-state index is 10.8. The highest BCUT2D eigenvalue weighted by atomic mass is 16.3. The van der Waals surface area contributed by atoms with Crippen molar-refractivity contribution in [3.8, 4) is 0 Å². The Kier molecular flexibility index (Phi) is 9.31. The Labute approximate surface area is 85.4 Å². The van der Waals surface area contributed by atoms with Crippen LogP contribution in [0.1, 0.15) is 32.6 Å². The summed E-state index contributed by atoms with van der Waals surface area (Å²) in [6.45, 7) is 2.45. The molecule has 0 aromatic heterocycles. The fraction of sp³-hybridized carbons (Fsp3) is 0.700. The third kappa shape index (κ3) is 9.06. The van der Waals surface area contributed by atoms with Gasteiger partial charge < -0.3 is 15.7 Å². The van der Waals surface area contributed by atoms with Crippen LogP contribution in [0.5, 0.6) is 0 Å². The van der Waals surface area contributed by atoms with Gasteiger partial charge in [0, 0.05) is 6.54 Å². The second-order valence-corrected chi connectivity index (χ2v) is 2.97. The van der Waals surface area contributed by atoms with E-state index in [1.54, 1.807) is 0 Å². The molecule has 3 N–H and O–H groups in total. The Morgan fingerprint density at radius 3 is 2.71 bits per heavy atom. The Bertz CT molecular complexity index is 170. The van der Waals surface area contributed by atoms with E-state index < -0.39 is 0 Å². The number of nitrogens with one attached hydrogen (secondary N) is 2. The molecule has 82 valence electrons. The lowest BCUT2D eigenvalue weighted by Gasteiger charge is -2.03. The number of carbonyl (C=O) groups excluding carboxylic acids is 1. The normalized spacial score (nSPS) is 10.4. The summed E-state index contributed by atoms with van der Waals surface area (Å²) >= 11 is 0. The summed E-state index contributed by atoms with van der Waals surface area (Å²) in [5, 5.41) is 13.2. The van der Waals surface area contributed by atoms with Gasteiger partial charge >= 0.3 is 6.03 Å². The van der Waals surface area contributed by atoms with Crippen molar-refractivity contribution in [1.82, 2.24) is 10.6 Å². The summed E-state index contributed by atoms with van der Waals surface area (Å²) in [6, 6.07) is -0.309. The van der Waals surface area contributed by atoms with Crippen molar-refractivity contribution in [1.29, 1.82) is 0 Å². The van der Waals surface area contributed by atoms with Gasteiger partial charge in [0.25, 0.3) is 0 Å². The third-order valence-corrected chi connectivity index (χ3v) is 1.73. The molecule has 4 heteroatoms. The fourth-order valence-corrected chi connectivity index (χ4v) is 1.01. The Morgan fingerprint density at radius 1 is 1.29 bits per heavy atom. The predicted octanol–water partition coefficient (Wildman–Crippen LogP) is 1.37.